The predicted octanol–water partition coefficient (Wildman–Crippen LogP) is 3.86. The van der Waals surface area contributed by atoms with Gasteiger partial charge in [-0.25, -0.2) is 0 Å². The molecule has 0 N–H and O–H groups in total. The third-order valence-corrected chi connectivity index (χ3v) is 7.30. The minimum Gasteiger partial charge on any atom is -0.352 e. The van der Waals surface area contributed by atoms with Crippen molar-refractivity contribution in [2.45, 2.75) is 18.6 Å². The van der Waals surface area contributed by atoms with Gasteiger partial charge in [0.25, 0.3) is 5.69 Å². The maximum absolute atomic E-state index is 14.0. The fraction of sp³-hybridized carbons (Fsp3) is 0.179. The van der Waals surface area contributed by atoms with Gasteiger partial charge in [0.2, 0.25) is 11.8 Å². The van der Waals surface area contributed by atoms with Crippen molar-refractivity contribution in [2.24, 2.45) is 11.8 Å². The van der Waals surface area contributed by atoms with Gasteiger partial charge in [-0.1, -0.05) is 72.8 Å². The molecule has 2 fully saturated rings. The summed E-state index contributed by atoms with van der Waals surface area (Å²) in [6.45, 7) is 0.135. The fourth-order valence-corrected chi connectivity index (χ4v) is 5.74. The molecular weight excluding hydrogens is 458 g/mol. The van der Waals surface area contributed by atoms with Gasteiger partial charge in [0, 0.05) is 23.4 Å². The van der Waals surface area contributed by atoms with E-state index in [9.17, 15) is 24.5 Å². The Morgan fingerprint density at radius 2 is 1.61 bits per heavy atom. The highest BCUT2D eigenvalue weighted by Gasteiger charge is 2.63. The molecule has 8 nitrogen and oxygen atoms in total. The fourth-order valence-electron chi connectivity index (χ4n) is 5.74. The average Bonchev–Trinajstić information content (AvgIpc) is 3.37. The zero-order chi connectivity index (χ0) is 25.0. The number of non-ortho nitro benzene ring substituents is 1. The van der Waals surface area contributed by atoms with Gasteiger partial charge in [-0.2, -0.15) is 0 Å². The molecule has 0 unspecified atom stereocenters. The van der Waals surface area contributed by atoms with Crippen molar-refractivity contribution in [3.63, 3.8) is 0 Å². The average molecular weight is 479 g/mol. The molecule has 3 heterocycles. The third kappa shape index (κ3) is 3.25. The summed E-state index contributed by atoms with van der Waals surface area (Å²) in [6, 6.07) is 20.9. The number of Topliss-reactive ketones (excluding diaryl/α,β-unsaturated/α-hetero) is 1. The van der Waals surface area contributed by atoms with E-state index in [0.717, 1.165) is 16.8 Å². The number of fused-ring (bicyclic) bond motifs is 5. The van der Waals surface area contributed by atoms with Gasteiger partial charge in [0.1, 0.15) is 6.04 Å². The largest absolute Gasteiger partial charge is 0.352 e. The number of ketones is 1. The Kier molecular flexibility index (Phi) is 5.03. The number of benzene rings is 3. The van der Waals surface area contributed by atoms with Gasteiger partial charge < -0.3 is 4.90 Å². The monoisotopic (exact) mass is 479 g/mol. The molecule has 3 aliphatic rings. The highest BCUT2D eigenvalue weighted by atomic mass is 16.6. The Bertz CT molecular complexity index is 1450. The van der Waals surface area contributed by atoms with Crippen LogP contribution in [0.2, 0.25) is 0 Å². The normalized spacial score (nSPS) is 23.9. The molecule has 6 rings (SSSR count). The summed E-state index contributed by atoms with van der Waals surface area (Å²) in [5.74, 6) is -2.73. The third-order valence-electron chi connectivity index (χ3n) is 7.30. The minimum absolute atomic E-state index is 0.135. The summed E-state index contributed by atoms with van der Waals surface area (Å²) >= 11 is 0. The SMILES string of the molecule is O=C(c1cccc([N+](=O)[O-])c1)[C@@H]1[C@@H]2C(=O)N(Cc3ccccc3)C(=O)[C@H]2[C@H]2C=Cc3ccccc3N21. The summed E-state index contributed by atoms with van der Waals surface area (Å²) in [5, 5.41) is 11.4. The number of rotatable bonds is 5. The van der Waals surface area contributed by atoms with Crippen LogP contribution in [0.4, 0.5) is 11.4 Å². The van der Waals surface area contributed by atoms with Crippen LogP contribution in [0, 0.1) is 22.0 Å². The van der Waals surface area contributed by atoms with E-state index in [4.69, 9.17) is 0 Å². The van der Waals surface area contributed by atoms with Crippen LogP contribution in [0.3, 0.4) is 0 Å². The molecule has 8 heteroatoms. The lowest BCUT2D eigenvalue weighted by molar-refractivity contribution is -0.384. The number of nitro benzene ring substituents is 1. The molecule has 0 aliphatic carbocycles. The molecule has 2 amide bonds. The smallest absolute Gasteiger partial charge is 0.270 e. The van der Waals surface area contributed by atoms with Gasteiger partial charge in [-0.05, 0) is 17.2 Å². The Hall–Kier alpha value is -4.59. The molecule has 0 bridgehead atoms. The number of likely N-dealkylation sites (tertiary alicyclic amines) is 1. The molecule has 178 valence electrons. The van der Waals surface area contributed by atoms with Crippen molar-refractivity contribution in [1.82, 2.24) is 4.90 Å². The number of hydrogen-bond donors (Lipinski definition) is 0. The number of hydrogen-bond acceptors (Lipinski definition) is 6. The van der Waals surface area contributed by atoms with Gasteiger partial charge in [-0.3, -0.25) is 29.4 Å². The van der Waals surface area contributed by atoms with Crippen LogP contribution >= 0.6 is 0 Å². The standard InChI is InChI=1S/C28H21N3O5/c32-26(19-10-6-11-20(15-19)31(35)36)25-24-23(22-14-13-18-9-4-5-12-21(18)30(22)25)27(33)29(28(24)34)16-17-7-2-1-3-8-17/h1-15,22-25H,16H2/t22-,23+,24-,25+/m1/s1. The van der Waals surface area contributed by atoms with Gasteiger partial charge in [0.15, 0.2) is 5.78 Å². The van der Waals surface area contributed by atoms with E-state index in [1.165, 1.54) is 29.2 Å². The first kappa shape index (κ1) is 21.9. The summed E-state index contributed by atoms with van der Waals surface area (Å²) in [6.07, 6.45) is 3.81. The number of nitrogens with zero attached hydrogens (tertiary/aromatic N) is 3. The van der Waals surface area contributed by atoms with Crippen molar-refractivity contribution in [1.29, 1.82) is 0 Å². The first-order valence-electron chi connectivity index (χ1n) is 11.7. The topological polar surface area (TPSA) is 101 Å². The van der Waals surface area contributed by atoms with Gasteiger partial charge in [0.05, 0.1) is 29.3 Å². The van der Waals surface area contributed by atoms with Crippen LogP contribution in [-0.4, -0.2) is 39.5 Å². The Morgan fingerprint density at radius 3 is 2.39 bits per heavy atom. The lowest BCUT2D eigenvalue weighted by Gasteiger charge is -2.36. The van der Waals surface area contributed by atoms with E-state index >= 15 is 0 Å². The number of carbonyl (C=O) groups is 3. The lowest BCUT2D eigenvalue weighted by Crippen LogP contribution is -2.48. The number of para-hydroxylation sites is 1. The van der Waals surface area contributed by atoms with Gasteiger partial charge in [-0.15, -0.1) is 0 Å². The van der Waals surface area contributed by atoms with Gasteiger partial charge >= 0.3 is 0 Å². The molecule has 0 saturated carbocycles. The molecular formula is C28H21N3O5. The molecule has 0 aromatic heterocycles. The van der Waals surface area contributed by atoms with Crippen molar-refractivity contribution >= 4 is 35.0 Å². The van der Waals surface area contributed by atoms with Crippen molar-refractivity contribution in [3.05, 3.63) is 112 Å². The van der Waals surface area contributed by atoms with Crippen molar-refractivity contribution < 1.29 is 19.3 Å². The van der Waals surface area contributed by atoms with Crippen LogP contribution in [-0.2, 0) is 16.1 Å². The molecule has 3 aromatic carbocycles. The summed E-state index contributed by atoms with van der Waals surface area (Å²) in [7, 11) is 0. The number of imide groups is 1. The highest BCUT2D eigenvalue weighted by molar-refractivity contribution is 6.14. The maximum Gasteiger partial charge on any atom is 0.270 e. The second-order valence-corrected chi connectivity index (χ2v) is 9.23. The highest BCUT2D eigenvalue weighted by Crippen LogP contribution is 2.49. The molecule has 2 saturated heterocycles. The van der Waals surface area contributed by atoms with Crippen molar-refractivity contribution in [2.75, 3.05) is 4.90 Å². The first-order chi connectivity index (χ1) is 17.5. The zero-order valence-electron chi connectivity index (χ0n) is 19.1. The van der Waals surface area contributed by atoms with Crippen molar-refractivity contribution in [3.8, 4) is 0 Å². The Labute approximate surface area is 206 Å². The second kappa shape index (κ2) is 8.27. The van der Waals surface area contributed by atoms with Crippen LogP contribution < -0.4 is 4.90 Å². The molecule has 3 aromatic rings. The van der Waals surface area contributed by atoms with E-state index in [0.29, 0.717) is 0 Å². The molecule has 36 heavy (non-hydrogen) atoms. The minimum atomic E-state index is -0.967. The van der Waals surface area contributed by atoms with Crippen LogP contribution in [0.1, 0.15) is 21.5 Å². The lowest BCUT2D eigenvalue weighted by atomic mass is 9.86. The predicted molar refractivity (Wildman–Crippen MR) is 132 cm³/mol. The number of nitro groups is 1. The summed E-state index contributed by atoms with van der Waals surface area (Å²) < 4.78 is 0. The van der Waals surface area contributed by atoms with Crippen LogP contribution in [0.25, 0.3) is 6.08 Å². The second-order valence-electron chi connectivity index (χ2n) is 9.23. The quantitative estimate of drug-likeness (QED) is 0.238. The molecule has 4 atom stereocenters. The Balaban J connectivity index is 1.45. The number of anilines is 1. The molecule has 3 aliphatic heterocycles. The maximum atomic E-state index is 14.0. The molecule has 0 spiro atoms. The van der Waals surface area contributed by atoms with E-state index in [1.807, 2.05) is 71.6 Å². The number of carbonyl (C=O) groups excluding carboxylic acids is 3. The van der Waals surface area contributed by atoms with Crippen LogP contribution in [0.5, 0.6) is 0 Å². The zero-order valence-corrected chi connectivity index (χ0v) is 19.1. The van der Waals surface area contributed by atoms with E-state index in [2.05, 4.69) is 0 Å². The number of amides is 2. The summed E-state index contributed by atoms with van der Waals surface area (Å²) in [4.78, 5) is 55.3. The van der Waals surface area contributed by atoms with E-state index < -0.39 is 40.5 Å². The van der Waals surface area contributed by atoms with E-state index in [1.54, 1.807) is 0 Å². The first-order valence-corrected chi connectivity index (χ1v) is 11.7. The Morgan fingerprint density at radius 1 is 0.889 bits per heavy atom. The molecule has 0 radical (unpaired) electrons. The van der Waals surface area contributed by atoms with E-state index in [-0.39, 0.29) is 23.7 Å². The van der Waals surface area contributed by atoms with Crippen LogP contribution in [0.15, 0.2) is 84.9 Å². The summed E-state index contributed by atoms with van der Waals surface area (Å²) in [5.41, 5.74) is 2.40.